The number of aromatic nitrogens is 4. The van der Waals surface area contributed by atoms with Crippen molar-refractivity contribution in [1.82, 2.24) is 24.9 Å². The molecule has 0 aromatic carbocycles. The van der Waals surface area contributed by atoms with E-state index in [1.807, 2.05) is 25.5 Å². The molecule has 2 rings (SSSR count). The summed E-state index contributed by atoms with van der Waals surface area (Å²) in [5, 5.41) is 20.7. The molecule has 0 fully saturated rings. The summed E-state index contributed by atoms with van der Waals surface area (Å²) in [6, 6.07) is 0.0435. The second-order valence-corrected chi connectivity index (χ2v) is 6.04. The highest BCUT2D eigenvalue weighted by molar-refractivity contribution is 6.31. The molecule has 0 saturated heterocycles. The second-order valence-electron chi connectivity index (χ2n) is 5.66. The van der Waals surface area contributed by atoms with Gasteiger partial charge in [0.05, 0.1) is 28.6 Å². The van der Waals surface area contributed by atoms with Gasteiger partial charge < -0.3 is 10.4 Å². The molecule has 0 aliphatic carbocycles. The van der Waals surface area contributed by atoms with Crippen molar-refractivity contribution < 1.29 is 14.7 Å². The SMILES string of the molecule is Cc1nn(C(C)CCNC(=O)c2c(C(=O)O)cnn2C)c(C)c1Cl. The van der Waals surface area contributed by atoms with Crippen LogP contribution in [0.2, 0.25) is 5.02 Å². The number of nitrogens with one attached hydrogen (secondary N) is 1. The van der Waals surface area contributed by atoms with E-state index in [0.29, 0.717) is 18.0 Å². The molecule has 1 amide bonds. The number of aryl methyl sites for hydroxylation is 2. The van der Waals surface area contributed by atoms with Crippen LogP contribution < -0.4 is 5.32 Å². The lowest BCUT2D eigenvalue weighted by Gasteiger charge is -2.15. The fourth-order valence-corrected chi connectivity index (χ4v) is 2.66. The van der Waals surface area contributed by atoms with Gasteiger partial charge in [0, 0.05) is 13.6 Å². The fourth-order valence-electron chi connectivity index (χ4n) is 2.54. The number of rotatable bonds is 6. The highest BCUT2D eigenvalue weighted by Crippen LogP contribution is 2.23. The van der Waals surface area contributed by atoms with Crippen LogP contribution in [-0.4, -0.2) is 43.1 Å². The molecule has 1 unspecified atom stereocenters. The smallest absolute Gasteiger partial charge is 0.339 e. The zero-order valence-corrected chi connectivity index (χ0v) is 14.8. The Morgan fingerprint density at radius 3 is 2.62 bits per heavy atom. The van der Waals surface area contributed by atoms with Crippen LogP contribution in [0.25, 0.3) is 0 Å². The van der Waals surface area contributed by atoms with Crippen LogP contribution in [0.3, 0.4) is 0 Å². The van der Waals surface area contributed by atoms with E-state index < -0.39 is 11.9 Å². The van der Waals surface area contributed by atoms with Crippen molar-refractivity contribution in [3.8, 4) is 0 Å². The minimum atomic E-state index is -1.18. The van der Waals surface area contributed by atoms with E-state index in [4.69, 9.17) is 16.7 Å². The molecule has 0 bridgehead atoms. The van der Waals surface area contributed by atoms with Gasteiger partial charge in [0.1, 0.15) is 11.3 Å². The quantitative estimate of drug-likeness (QED) is 0.826. The molecule has 2 aromatic rings. The summed E-state index contributed by atoms with van der Waals surface area (Å²) in [7, 11) is 1.53. The van der Waals surface area contributed by atoms with Gasteiger partial charge in [0.15, 0.2) is 0 Å². The van der Waals surface area contributed by atoms with Crippen molar-refractivity contribution in [2.45, 2.75) is 33.2 Å². The largest absolute Gasteiger partial charge is 0.478 e. The number of hydrogen-bond donors (Lipinski definition) is 2. The van der Waals surface area contributed by atoms with Crippen LogP contribution in [-0.2, 0) is 7.05 Å². The third-order valence-corrected chi connectivity index (χ3v) is 4.43. The van der Waals surface area contributed by atoms with Crippen molar-refractivity contribution >= 4 is 23.5 Å². The van der Waals surface area contributed by atoms with Crippen LogP contribution in [0.4, 0.5) is 0 Å². The highest BCUT2D eigenvalue weighted by atomic mass is 35.5. The Morgan fingerprint density at radius 1 is 1.42 bits per heavy atom. The summed E-state index contributed by atoms with van der Waals surface area (Å²) < 4.78 is 3.08. The Morgan fingerprint density at radius 2 is 2.08 bits per heavy atom. The van der Waals surface area contributed by atoms with E-state index in [2.05, 4.69) is 15.5 Å². The zero-order valence-electron chi connectivity index (χ0n) is 14.0. The molecule has 24 heavy (non-hydrogen) atoms. The third kappa shape index (κ3) is 3.43. The zero-order chi connectivity index (χ0) is 18.0. The van der Waals surface area contributed by atoms with E-state index in [1.165, 1.54) is 11.7 Å². The number of nitrogens with zero attached hydrogens (tertiary/aromatic N) is 4. The molecular weight excluding hydrogens is 334 g/mol. The molecule has 2 aromatic heterocycles. The molecule has 2 heterocycles. The van der Waals surface area contributed by atoms with Crippen LogP contribution in [0.15, 0.2) is 6.20 Å². The summed E-state index contributed by atoms with van der Waals surface area (Å²) in [6.45, 7) is 6.09. The average molecular weight is 354 g/mol. The topological polar surface area (TPSA) is 102 Å². The van der Waals surface area contributed by atoms with Crippen molar-refractivity contribution in [2.75, 3.05) is 6.54 Å². The molecule has 9 heteroatoms. The van der Waals surface area contributed by atoms with Gasteiger partial charge in [-0.15, -0.1) is 0 Å². The maximum Gasteiger partial charge on any atom is 0.339 e. The molecule has 0 saturated carbocycles. The molecule has 0 aliphatic heterocycles. The van der Waals surface area contributed by atoms with Crippen molar-refractivity contribution in [2.24, 2.45) is 7.05 Å². The first-order valence-electron chi connectivity index (χ1n) is 7.48. The first-order valence-corrected chi connectivity index (χ1v) is 7.86. The maximum atomic E-state index is 12.2. The van der Waals surface area contributed by atoms with Gasteiger partial charge in [-0.05, 0) is 27.2 Å². The molecule has 0 spiro atoms. The summed E-state index contributed by atoms with van der Waals surface area (Å²) >= 11 is 6.14. The Balaban J connectivity index is 1.99. The third-order valence-electron chi connectivity index (χ3n) is 3.89. The fraction of sp³-hybridized carbons (Fsp3) is 0.467. The molecule has 2 N–H and O–H groups in total. The summed E-state index contributed by atoms with van der Waals surface area (Å²) in [5.74, 6) is -1.65. The van der Waals surface area contributed by atoms with Crippen LogP contribution in [0, 0.1) is 13.8 Å². The second kappa shape index (κ2) is 7.04. The number of hydrogen-bond acceptors (Lipinski definition) is 4. The van der Waals surface area contributed by atoms with Gasteiger partial charge in [0.2, 0.25) is 0 Å². The van der Waals surface area contributed by atoms with E-state index in [9.17, 15) is 9.59 Å². The first kappa shape index (κ1) is 18.0. The summed E-state index contributed by atoms with van der Waals surface area (Å²) in [6.07, 6.45) is 1.79. The van der Waals surface area contributed by atoms with Crippen LogP contribution in [0.5, 0.6) is 0 Å². The molecule has 0 radical (unpaired) electrons. The van der Waals surface area contributed by atoms with E-state index in [0.717, 1.165) is 17.6 Å². The lowest BCUT2D eigenvalue weighted by Crippen LogP contribution is -2.29. The van der Waals surface area contributed by atoms with Gasteiger partial charge in [0.25, 0.3) is 5.91 Å². The lowest BCUT2D eigenvalue weighted by atomic mass is 10.2. The molecule has 130 valence electrons. The average Bonchev–Trinajstić information content (AvgIpc) is 3.02. The maximum absolute atomic E-state index is 12.2. The van der Waals surface area contributed by atoms with E-state index >= 15 is 0 Å². The molecule has 8 nitrogen and oxygen atoms in total. The van der Waals surface area contributed by atoms with Crippen LogP contribution in [0.1, 0.15) is 51.6 Å². The predicted molar refractivity (Wildman–Crippen MR) is 88.5 cm³/mol. The number of amides is 1. The number of carboxylic acids is 1. The Kier molecular flexibility index (Phi) is 5.28. The standard InChI is InChI=1S/C15H20ClN5O3/c1-8(21-10(3)12(16)9(2)19-21)5-6-17-14(22)13-11(15(23)24)7-18-20(13)4/h7-8H,5-6H2,1-4H3,(H,17,22)(H,23,24). The Bertz CT molecular complexity index is 780. The van der Waals surface area contributed by atoms with Crippen molar-refractivity contribution in [3.63, 3.8) is 0 Å². The van der Waals surface area contributed by atoms with Crippen molar-refractivity contribution in [3.05, 3.63) is 33.9 Å². The molecular formula is C15H20ClN5O3. The number of aromatic carboxylic acids is 1. The Hall–Kier alpha value is -2.35. The number of halogens is 1. The summed E-state index contributed by atoms with van der Waals surface area (Å²) in [4.78, 5) is 23.3. The Labute approximate surface area is 144 Å². The monoisotopic (exact) mass is 353 g/mol. The van der Waals surface area contributed by atoms with Gasteiger partial charge in [-0.1, -0.05) is 11.6 Å². The van der Waals surface area contributed by atoms with Crippen molar-refractivity contribution in [1.29, 1.82) is 0 Å². The van der Waals surface area contributed by atoms with Gasteiger partial charge >= 0.3 is 5.97 Å². The molecule has 0 aliphatic rings. The van der Waals surface area contributed by atoms with Crippen LogP contribution >= 0.6 is 11.6 Å². The van der Waals surface area contributed by atoms with E-state index in [-0.39, 0.29) is 17.3 Å². The van der Waals surface area contributed by atoms with Gasteiger partial charge in [-0.3, -0.25) is 14.2 Å². The van der Waals surface area contributed by atoms with E-state index in [1.54, 1.807) is 0 Å². The van der Waals surface area contributed by atoms with Gasteiger partial charge in [-0.25, -0.2) is 4.79 Å². The first-order chi connectivity index (χ1) is 11.2. The van der Waals surface area contributed by atoms with Gasteiger partial charge in [-0.2, -0.15) is 10.2 Å². The predicted octanol–water partition coefficient (Wildman–Crippen LogP) is 1.97. The normalized spacial score (nSPS) is 12.2. The number of carboxylic acid groups (broad SMARTS) is 1. The lowest BCUT2D eigenvalue weighted by molar-refractivity contribution is 0.0690. The minimum absolute atomic E-state index is 0.0318. The minimum Gasteiger partial charge on any atom is -0.478 e. The highest BCUT2D eigenvalue weighted by Gasteiger charge is 2.21. The number of carbonyl (C=O) groups is 2. The summed E-state index contributed by atoms with van der Waals surface area (Å²) in [5.41, 5.74) is 1.57. The molecule has 1 atom stereocenters. The number of carbonyl (C=O) groups excluding carboxylic acids is 1.